The average Bonchev–Trinajstić information content (AvgIpc) is 3.49. The van der Waals surface area contributed by atoms with Crippen molar-refractivity contribution >= 4 is 69.5 Å². The van der Waals surface area contributed by atoms with Gasteiger partial charge in [-0.3, -0.25) is 14.5 Å². The number of β-lactam (4-membered cyclic amide) rings is 1. The molecular weight excluding hydrogens is 675 g/mol. The minimum atomic E-state index is -0.982. The van der Waals surface area contributed by atoms with Crippen LogP contribution in [0.25, 0.3) is 0 Å². The monoisotopic (exact) mass is 709 g/mol. The summed E-state index contributed by atoms with van der Waals surface area (Å²) in [5.74, 6) is -1.44. The van der Waals surface area contributed by atoms with Gasteiger partial charge in [-0.2, -0.15) is 0 Å². The molecule has 3 heterocycles. The summed E-state index contributed by atoms with van der Waals surface area (Å²) in [5.41, 5.74) is 6.63. The number of oxime groups is 1. The van der Waals surface area contributed by atoms with E-state index in [2.05, 4.69) is 15.5 Å². The van der Waals surface area contributed by atoms with Crippen molar-refractivity contribution in [3.63, 3.8) is 0 Å². The molecule has 0 spiro atoms. The Morgan fingerprint density at radius 3 is 2.31 bits per heavy atom. The molecule has 0 radical (unpaired) electrons. The number of thioether (sulfide) groups is 2. The van der Waals surface area contributed by atoms with Gasteiger partial charge in [0.1, 0.15) is 28.4 Å². The van der Waals surface area contributed by atoms with Gasteiger partial charge in [-0.1, -0.05) is 72.7 Å². The Morgan fingerprint density at radius 1 is 1.10 bits per heavy atom. The Bertz CT molecular complexity index is 1680. The number of carbonyl (C=O) groups is 4. The van der Waals surface area contributed by atoms with E-state index in [-0.39, 0.29) is 22.2 Å². The lowest BCUT2D eigenvalue weighted by atomic mass is 10.0. The maximum Gasteiger partial charge on any atom is 0.356 e. The van der Waals surface area contributed by atoms with E-state index in [4.69, 9.17) is 20.0 Å². The molecule has 1 fully saturated rings. The molecule has 2 atom stereocenters. The Morgan fingerprint density at radius 2 is 1.75 bits per heavy atom. The SMILES string of the molecule is CCSC1=C(C(=O)OC(c2ccccc2)c2ccccc2)N2C(=O)C(NC(=O)/C(=N/OCC(=O)OC(C)(C)C)c3csc(N)n3)C2SC1. The molecule has 3 N–H and O–H groups in total. The summed E-state index contributed by atoms with van der Waals surface area (Å²) in [5, 5.41) is 7.69. The lowest BCUT2D eigenvalue weighted by Crippen LogP contribution is -2.71. The fourth-order valence-corrected chi connectivity index (χ4v) is 7.89. The van der Waals surface area contributed by atoms with Crippen LogP contribution in [-0.4, -0.2) is 74.5 Å². The molecule has 0 bridgehead atoms. The fraction of sp³-hybridized carbons (Fsp3) is 0.333. The second-order valence-electron chi connectivity index (χ2n) is 11.5. The highest BCUT2D eigenvalue weighted by atomic mass is 32.2. The number of nitrogens with zero attached hydrogens (tertiary/aromatic N) is 3. The number of anilines is 1. The number of amides is 2. The Balaban J connectivity index is 1.35. The Hall–Kier alpha value is -4.34. The van der Waals surface area contributed by atoms with E-state index in [1.54, 1.807) is 20.8 Å². The van der Waals surface area contributed by atoms with Gasteiger partial charge in [0.2, 0.25) is 6.61 Å². The number of rotatable bonds is 12. The number of carbonyl (C=O) groups excluding carboxylic acids is 4. The molecule has 3 aromatic rings. The summed E-state index contributed by atoms with van der Waals surface area (Å²) in [6, 6.07) is 17.8. The first-order chi connectivity index (χ1) is 23.0. The molecule has 2 aliphatic heterocycles. The van der Waals surface area contributed by atoms with Gasteiger partial charge in [-0.25, -0.2) is 14.6 Å². The van der Waals surface area contributed by atoms with Gasteiger partial charge >= 0.3 is 11.9 Å². The van der Waals surface area contributed by atoms with Crippen LogP contribution in [0.4, 0.5) is 5.13 Å². The lowest BCUT2D eigenvalue weighted by molar-refractivity contribution is -0.160. The number of aromatic nitrogens is 1. The molecule has 48 heavy (non-hydrogen) atoms. The van der Waals surface area contributed by atoms with Gasteiger partial charge in [-0.15, -0.1) is 34.9 Å². The van der Waals surface area contributed by atoms with E-state index in [9.17, 15) is 19.2 Å². The number of ether oxygens (including phenoxy) is 2. The van der Waals surface area contributed by atoms with Crippen LogP contribution in [0, 0.1) is 0 Å². The first-order valence-corrected chi connectivity index (χ1v) is 17.9. The number of hydrogen-bond acceptors (Lipinski definition) is 13. The molecule has 2 unspecified atom stereocenters. The van der Waals surface area contributed by atoms with Crippen molar-refractivity contribution in [3.8, 4) is 0 Å². The van der Waals surface area contributed by atoms with Crippen LogP contribution in [0.1, 0.15) is 50.6 Å². The van der Waals surface area contributed by atoms with E-state index >= 15 is 0 Å². The maximum absolute atomic E-state index is 14.0. The average molecular weight is 710 g/mol. The Labute approximate surface area is 290 Å². The van der Waals surface area contributed by atoms with E-state index in [1.165, 1.54) is 33.8 Å². The molecule has 2 aromatic carbocycles. The van der Waals surface area contributed by atoms with E-state index in [1.807, 2.05) is 67.6 Å². The number of benzene rings is 2. The summed E-state index contributed by atoms with van der Waals surface area (Å²) >= 11 is 3.98. The van der Waals surface area contributed by atoms with Gasteiger partial charge in [0.25, 0.3) is 11.8 Å². The number of thiazole rings is 1. The third kappa shape index (κ3) is 8.20. The number of fused-ring (bicyclic) bond motifs is 1. The minimum Gasteiger partial charge on any atom is -0.457 e. The third-order valence-corrected chi connectivity index (χ3v) is 10.0. The van der Waals surface area contributed by atoms with Gasteiger partial charge in [-0.05, 0) is 37.7 Å². The van der Waals surface area contributed by atoms with Gasteiger partial charge in [0, 0.05) is 16.0 Å². The van der Waals surface area contributed by atoms with Crippen LogP contribution in [-0.2, 0) is 33.5 Å². The van der Waals surface area contributed by atoms with Gasteiger partial charge in [0.05, 0.1) is 0 Å². The van der Waals surface area contributed by atoms with Crippen molar-refractivity contribution in [2.24, 2.45) is 5.16 Å². The summed E-state index contributed by atoms with van der Waals surface area (Å²) in [4.78, 5) is 64.7. The normalized spacial score (nSPS) is 17.8. The molecule has 0 aliphatic carbocycles. The molecular formula is C33H35N5O7S3. The smallest absolute Gasteiger partial charge is 0.356 e. The largest absolute Gasteiger partial charge is 0.457 e. The van der Waals surface area contributed by atoms with Gasteiger partial charge in [0.15, 0.2) is 16.9 Å². The van der Waals surface area contributed by atoms with Crippen molar-refractivity contribution < 1.29 is 33.5 Å². The quantitative estimate of drug-likeness (QED) is 0.118. The summed E-state index contributed by atoms with van der Waals surface area (Å²) < 4.78 is 11.4. The molecule has 2 aliphatic rings. The van der Waals surface area contributed by atoms with Crippen LogP contribution < -0.4 is 11.1 Å². The molecule has 5 rings (SSSR count). The molecule has 1 aromatic heterocycles. The number of nitrogens with one attached hydrogen (secondary N) is 1. The lowest BCUT2D eigenvalue weighted by Gasteiger charge is -2.49. The van der Waals surface area contributed by atoms with Crippen molar-refractivity contribution in [1.29, 1.82) is 0 Å². The minimum absolute atomic E-state index is 0.109. The van der Waals surface area contributed by atoms with Crippen molar-refractivity contribution in [1.82, 2.24) is 15.2 Å². The highest BCUT2D eigenvalue weighted by Gasteiger charge is 2.55. The van der Waals surface area contributed by atoms with Crippen LogP contribution in [0.2, 0.25) is 0 Å². The number of nitrogens with two attached hydrogens (primary N) is 1. The van der Waals surface area contributed by atoms with Crippen LogP contribution in [0.3, 0.4) is 0 Å². The van der Waals surface area contributed by atoms with Crippen LogP contribution in [0.15, 0.2) is 81.8 Å². The second-order valence-corrected chi connectivity index (χ2v) is 14.9. The topological polar surface area (TPSA) is 163 Å². The zero-order chi connectivity index (χ0) is 34.4. The first kappa shape index (κ1) is 35.0. The van der Waals surface area contributed by atoms with Crippen LogP contribution >= 0.6 is 34.9 Å². The molecule has 252 valence electrons. The highest BCUT2D eigenvalue weighted by molar-refractivity contribution is 8.06. The summed E-state index contributed by atoms with van der Waals surface area (Å²) in [6.45, 7) is 6.54. The molecule has 15 heteroatoms. The number of hydrogen-bond donors (Lipinski definition) is 2. The second kappa shape index (κ2) is 15.3. The van der Waals surface area contributed by atoms with Crippen molar-refractivity contribution in [2.45, 2.75) is 50.8 Å². The van der Waals surface area contributed by atoms with E-state index in [0.717, 1.165) is 27.4 Å². The molecule has 0 saturated carbocycles. The first-order valence-electron chi connectivity index (χ1n) is 15.0. The van der Waals surface area contributed by atoms with Gasteiger partial charge < -0.3 is 25.4 Å². The molecule has 12 nitrogen and oxygen atoms in total. The third-order valence-electron chi connectivity index (χ3n) is 6.90. The summed E-state index contributed by atoms with van der Waals surface area (Å²) in [6.07, 6.45) is -0.704. The predicted octanol–water partition coefficient (Wildman–Crippen LogP) is 4.49. The van der Waals surface area contributed by atoms with Crippen molar-refractivity contribution in [3.05, 3.63) is 93.5 Å². The van der Waals surface area contributed by atoms with E-state index in [0.29, 0.717) is 11.5 Å². The van der Waals surface area contributed by atoms with Crippen molar-refractivity contribution in [2.75, 3.05) is 23.8 Å². The Kier molecular flexibility index (Phi) is 11.1. The maximum atomic E-state index is 14.0. The zero-order valence-electron chi connectivity index (χ0n) is 26.7. The molecule has 1 saturated heterocycles. The standard InChI is InChI=1S/C33H35N5O7S3/c1-5-46-22-18-47-30-25(36-28(40)24(21-17-48-32(34)35-21)37-43-16-23(39)45-33(2,3)4)29(41)38(30)26(22)31(42)44-27(19-12-8-6-9-13-19)20-14-10-7-11-15-20/h6-15,17,25,27,30H,5,16,18H2,1-4H3,(H2,34,35)(H,36,40)/b37-24+. The number of nitrogen functional groups attached to an aromatic ring is 1. The summed E-state index contributed by atoms with van der Waals surface area (Å²) in [7, 11) is 0. The predicted molar refractivity (Wildman–Crippen MR) is 186 cm³/mol. The van der Waals surface area contributed by atoms with Crippen LogP contribution in [0.5, 0.6) is 0 Å². The van der Waals surface area contributed by atoms with E-state index < -0.39 is 53.5 Å². The number of esters is 2. The highest BCUT2D eigenvalue weighted by Crippen LogP contribution is 2.44. The molecule has 2 amide bonds. The zero-order valence-corrected chi connectivity index (χ0v) is 29.2. The fourth-order valence-electron chi connectivity index (χ4n) is 4.94.